The molecule has 0 bridgehead atoms. The van der Waals surface area contributed by atoms with Gasteiger partial charge in [0, 0.05) is 24.7 Å². The molecule has 1 rings (SSSR count). The number of pyridine rings is 1. The summed E-state index contributed by atoms with van der Waals surface area (Å²) >= 11 is 0. The van der Waals surface area contributed by atoms with Crippen molar-refractivity contribution < 1.29 is 5.11 Å². The third kappa shape index (κ3) is 3.56. The predicted octanol–water partition coefficient (Wildman–Crippen LogP) is 0.535. The molecule has 0 atom stereocenters. The fraction of sp³-hybridized carbons (Fsp3) is 0.364. The second kappa shape index (κ2) is 6.14. The van der Waals surface area contributed by atoms with Gasteiger partial charge in [-0.2, -0.15) is 0 Å². The van der Waals surface area contributed by atoms with E-state index in [9.17, 15) is 0 Å². The van der Waals surface area contributed by atoms with Crippen LogP contribution in [0.5, 0.6) is 0 Å². The van der Waals surface area contributed by atoms with Crippen LogP contribution in [0.25, 0.3) is 0 Å². The number of nitrogens with zero attached hydrogens (tertiary/aromatic N) is 1. The van der Waals surface area contributed by atoms with Crippen LogP contribution in [0.15, 0.2) is 18.3 Å². The largest absolute Gasteiger partial charge is 0.390 e. The van der Waals surface area contributed by atoms with Crippen LogP contribution in [0.2, 0.25) is 0 Å². The summed E-state index contributed by atoms with van der Waals surface area (Å²) in [6.07, 6.45) is 2.51. The summed E-state index contributed by atoms with van der Waals surface area (Å²) in [6.45, 7) is 0.878. The van der Waals surface area contributed by atoms with Gasteiger partial charge in [0.1, 0.15) is 0 Å². The number of aliphatic hydroxyl groups excluding tert-OH is 1. The highest BCUT2D eigenvalue weighted by atomic mass is 16.3. The average molecular weight is 190 g/mol. The Balaban J connectivity index is 2.53. The molecule has 14 heavy (non-hydrogen) atoms. The molecule has 1 heterocycles. The summed E-state index contributed by atoms with van der Waals surface area (Å²) in [5, 5.41) is 11.8. The third-order valence-corrected chi connectivity index (χ3v) is 1.72. The highest BCUT2D eigenvalue weighted by Crippen LogP contribution is 1.98. The molecule has 0 aromatic carbocycles. The van der Waals surface area contributed by atoms with Crippen LogP contribution in [-0.4, -0.2) is 23.7 Å². The van der Waals surface area contributed by atoms with Crippen LogP contribution in [0, 0.1) is 11.8 Å². The van der Waals surface area contributed by atoms with Gasteiger partial charge in [-0.25, -0.2) is 0 Å². The first-order chi connectivity index (χ1) is 6.86. The number of hydrogen-bond acceptors (Lipinski definition) is 3. The minimum Gasteiger partial charge on any atom is -0.390 e. The first kappa shape index (κ1) is 10.7. The number of aliphatic hydroxyl groups is 1. The standard InChI is InChI=1S/C11H14N2O/c1-12-7-3-2-4-10-5-6-11(9-14)13-8-10/h5-6,8,12,14H,3,7,9H2,1H3. The first-order valence-corrected chi connectivity index (χ1v) is 4.56. The molecule has 0 amide bonds. The normalized spacial score (nSPS) is 9.29. The smallest absolute Gasteiger partial charge is 0.0852 e. The number of hydrogen-bond donors (Lipinski definition) is 2. The molecular weight excluding hydrogens is 176 g/mol. The van der Waals surface area contributed by atoms with E-state index in [2.05, 4.69) is 22.1 Å². The molecule has 1 aromatic heterocycles. The van der Waals surface area contributed by atoms with Crippen LogP contribution < -0.4 is 5.32 Å². The average Bonchev–Trinajstić information content (AvgIpc) is 2.25. The van der Waals surface area contributed by atoms with Crippen LogP contribution >= 0.6 is 0 Å². The van der Waals surface area contributed by atoms with Gasteiger partial charge >= 0.3 is 0 Å². The number of aromatic nitrogens is 1. The van der Waals surface area contributed by atoms with Crippen LogP contribution in [-0.2, 0) is 6.61 Å². The lowest BCUT2D eigenvalue weighted by atomic mass is 10.2. The Bertz CT molecular complexity index is 321. The molecule has 0 saturated heterocycles. The second-order valence-electron chi connectivity index (χ2n) is 2.85. The van der Waals surface area contributed by atoms with Gasteiger partial charge in [0.2, 0.25) is 0 Å². The van der Waals surface area contributed by atoms with Crippen molar-refractivity contribution in [1.29, 1.82) is 0 Å². The molecule has 0 spiro atoms. The second-order valence-corrected chi connectivity index (χ2v) is 2.85. The quantitative estimate of drug-likeness (QED) is 0.540. The summed E-state index contributed by atoms with van der Waals surface area (Å²) in [4.78, 5) is 4.03. The lowest BCUT2D eigenvalue weighted by Gasteiger charge is -1.93. The molecule has 0 unspecified atom stereocenters. The monoisotopic (exact) mass is 190 g/mol. The molecule has 0 aliphatic heterocycles. The van der Waals surface area contributed by atoms with E-state index in [4.69, 9.17) is 5.11 Å². The molecule has 3 nitrogen and oxygen atoms in total. The van der Waals surface area contributed by atoms with E-state index in [0.717, 1.165) is 18.5 Å². The Labute approximate surface area is 84.2 Å². The van der Waals surface area contributed by atoms with Gasteiger partial charge in [0.15, 0.2) is 0 Å². The lowest BCUT2D eigenvalue weighted by Crippen LogP contribution is -2.05. The van der Waals surface area contributed by atoms with Crippen LogP contribution in [0.3, 0.4) is 0 Å². The molecule has 74 valence electrons. The highest BCUT2D eigenvalue weighted by Gasteiger charge is 1.90. The van der Waals surface area contributed by atoms with Gasteiger partial charge in [-0.15, -0.1) is 0 Å². The van der Waals surface area contributed by atoms with Gasteiger partial charge in [-0.3, -0.25) is 4.98 Å². The maximum atomic E-state index is 8.77. The van der Waals surface area contributed by atoms with Gasteiger partial charge in [0.25, 0.3) is 0 Å². The minimum absolute atomic E-state index is 0.0204. The zero-order valence-electron chi connectivity index (χ0n) is 8.25. The highest BCUT2D eigenvalue weighted by molar-refractivity contribution is 5.32. The summed E-state index contributed by atoms with van der Waals surface area (Å²) < 4.78 is 0. The van der Waals surface area contributed by atoms with Crippen LogP contribution in [0.4, 0.5) is 0 Å². The molecular formula is C11H14N2O. The van der Waals surface area contributed by atoms with Crippen molar-refractivity contribution in [1.82, 2.24) is 10.3 Å². The van der Waals surface area contributed by atoms with Gasteiger partial charge in [-0.1, -0.05) is 11.8 Å². The fourth-order valence-electron chi connectivity index (χ4n) is 0.944. The zero-order valence-corrected chi connectivity index (χ0v) is 8.25. The summed E-state index contributed by atoms with van der Waals surface area (Å²) in [6, 6.07) is 3.65. The Kier molecular flexibility index (Phi) is 4.70. The van der Waals surface area contributed by atoms with E-state index in [1.807, 2.05) is 13.1 Å². The summed E-state index contributed by atoms with van der Waals surface area (Å²) in [5.74, 6) is 6.02. The zero-order chi connectivity index (χ0) is 10.2. The van der Waals surface area contributed by atoms with Crippen molar-refractivity contribution in [2.24, 2.45) is 0 Å². The van der Waals surface area contributed by atoms with Crippen molar-refractivity contribution in [2.45, 2.75) is 13.0 Å². The van der Waals surface area contributed by atoms with Crippen molar-refractivity contribution >= 4 is 0 Å². The van der Waals surface area contributed by atoms with E-state index in [0.29, 0.717) is 5.69 Å². The molecule has 0 aliphatic carbocycles. The maximum Gasteiger partial charge on any atom is 0.0852 e. The van der Waals surface area contributed by atoms with Crippen molar-refractivity contribution in [3.63, 3.8) is 0 Å². The van der Waals surface area contributed by atoms with E-state index >= 15 is 0 Å². The topological polar surface area (TPSA) is 45.1 Å². The van der Waals surface area contributed by atoms with Gasteiger partial charge in [0.05, 0.1) is 12.3 Å². The van der Waals surface area contributed by atoms with E-state index in [-0.39, 0.29) is 6.61 Å². The molecule has 3 heteroatoms. The van der Waals surface area contributed by atoms with E-state index in [1.54, 1.807) is 12.3 Å². The Morgan fingerprint density at radius 2 is 2.36 bits per heavy atom. The molecule has 0 saturated carbocycles. The molecule has 0 aliphatic rings. The molecule has 1 aromatic rings. The van der Waals surface area contributed by atoms with E-state index in [1.165, 1.54) is 0 Å². The Hall–Kier alpha value is -1.37. The Morgan fingerprint density at radius 3 is 2.93 bits per heavy atom. The molecule has 0 fully saturated rings. The third-order valence-electron chi connectivity index (χ3n) is 1.72. The van der Waals surface area contributed by atoms with Crippen molar-refractivity contribution in [2.75, 3.05) is 13.6 Å². The van der Waals surface area contributed by atoms with E-state index < -0.39 is 0 Å². The van der Waals surface area contributed by atoms with Gasteiger partial charge < -0.3 is 10.4 Å². The lowest BCUT2D eigenvalue weighted by molar-refractivity contribution is 0.277. The van der Waals surface area contributed by atoms with Crippen LogP contribution in [0.1, 0.15) is 17.7 Å². The fourth-order valence-corrected chi connectivity index (χ4v) is 0.944. The Morgan fingerprint density at radius 1 is 1.50 bits per heavy atom. The molecule has 2 N–H and O–H groups in total. The number of rotatable bonds is 3. The SMILES string of the molecule is CNCCC#Cc1ccc(CO)nc1. The predicted molar refractivity (Wildman–Crippen MR) is 55.6 cm³/mol. The number of nitrogens with one attached hydrogen (secondary N) is 1. The summed E-state index contributed by atoms with van der Waals surface area (Å²) in [7, 11) is 1.90. The maximum absolute atomic E-state index is 8.77. The summed E-state index contributed by atoms with van der Waals surface area (Å²) in [5.41, 5.74) is 1.56. The van der Waals surface area contributed by atoms with Gasteiger partial charge in [-0.05, 0) is 19.2 Å². The first-order valence-electron chi connectivity index (χ1n) is 4.56. The van der Waals surface area contributed by atoms with Crippen molar-refractivity contribution in [3.8, 4) is 11.8 Å². The van der Waals surface area contributed by atoms with Crippen molar-refractivity contribution in [3.05, 3.63) is 29.6 Å². The minimum atomic E-state index is -0.0204. The molecule has 0 radical (unpaired) electrons.